The van der Waals surface area contributed by atoms with Crippen LogP contribution in [0.25, 0.3) is 0 Å². The molecule has 1 atom stereocenters. The third-order valence-corrected chi connectivity index (χ3v) is 8.98. The first-order chi connectivity index (χ1) is 21.6. The third-order valence-electron chi connectivity index (χ3n) is 7.19. The first-order valence-electron chi connectivity index (χ1n) is 14.6. The molecule has 0 aromatic heterocycles. The second-order valence-corrected chi connectivity index (χ2v) is 12.5. The Hall–Kier alpha value is -5.03. The molecule has 11 heteroatoms. The number of nitro groups is 1. The number of anilines is 1. The largest absolute Gasteiger partial charge is 0.354 e. The molecular weight excluding hydrogens is 592 g/mol. The summed E-state index contributed by atoms with van der Waals surface area (Å²) in [5.74, 6) is -1.01. The summed E-state index contributed by atoms with van der Waals surface area (Å²) in [6.07, 6.45) is 0.877. The van der Waals surface area contributed by atoms with E-state index in [1.54, 1.807) is 18.2 Å². The highest BCUT2D eigenvalue weighted by molar-refractivity contribution is 7.92. The minimum Gasteiger partial charge on any atom is -0.354 e. The number of benzene rings is 4. The smallest absolute Gasteiger partial charge is 0.271 e. The van der Waals surface area contributed by atoms with Gasteiger partial charge in [0.25, 0.3) is 15.7 Å². The molecule has 0 aliphatic carbocycles. The van der Waals surface area contributed by atoms with Gasteiger partial charge in [0.15, 0.2) is 0 Å². The molecule has 45 heavy (non-hydrogen) atoms. The van der Waals surface area contributed by atoms with E-state index in [2.05, 4.69) is 5.32 Å². The van der Waals surface area contributed by atoms with E-state index in [9.17, 15) is 28.1 Å². The van der Waals surface area contributed by atoms with E-state index in [-0.39, 0.29) is 35.1 Å². The van der Waals surface area contributed by atoms with Crippen LogP contribution in [-0.2, 0) is 32.6 Å². The molecule has 2 amide bonds. The van der Waals surface area contributed by atoms with Crippen LogP contribution >= 0.6 is 0 Å². The summed E-state index contributed by atoms with van der Waals surface area (Å²) in [7, 11) is -4.36. The fraction of sp³-hybridized carbons (Fsp3) is 0.235. The first-order valence-corrected chi connectivity index (χ1v) is 16.0. The SMILES string of the molecule is CCCNC(=O)C(Cc1ccccc1)N(Cc1cccc(C)c1)C(=O)CN(c1cccc([N+](=O)[O-])c1)S(=O)(=O)c1ccccc1. The molecule has 0 heterocycles. The van der Waals surface area contributed by atoms with Gasteiger partial charge < -0.3 is 10.2 Å². The highest BCUT2D eigenvalue weighted by Gasteiger charge is 2.35. The van der Waals surface area contributed by atoms with Crippen LogP contribution in [-0.4, -0.2) is 49.2 Å². The zero-order chi connectivity index (χ0) is 32.4. The lowest BCUT2D eigenvalue weighted by atomic mass is 10.0. The Morgan fingerprint density at radius 2 is 1.51 bits per heavy atom. The van der Waals surface area contributed by atoms with Crippen molar-refractivity contribution in [2.45, 2.75) is 44.2 Å². The molecule has 1 N–H and O–H groups in total. The Morgan fingerprint density at radius 1 is 0.867 bits per heavy atom. The quantitative estimate of drug-likeness (QED) is 0.150. The fourth-order valence-electron chi connectivity index (χ4n) is 4.94. The van der Waals surface area contributed by atoms with Gasteiger partial charge in [-0.2, -0.15) is 0 Å². The Labute approximate surface area is 263 Å². The van der Waals surface area contributed by atoms with Crippen LogP contribution in [0.15, 0.2) is 114 Å². The lowest BCUT2D eigenvalue weighted by Gasteiger charge is -2.34. The van der Waals surface area contributed by atoms with Crippen LogP contribution < -0.4 is 9.62 Å². The molecule has 4 aromatic rings. The predicted molar refractivity (Wildman–Crippen MR) is 173 cm³/mol. The lowest BCUT2D eigenvalue weighted by Crippen LogP contribution is -2.53. The molecule has 4 aromatic carbocycles. The second kappa shape index (κ2) is 15.1. The molecule has 0 aliphatic heterocycles. The van der Waals surface area contributed by atoms with E-state index in [0.29, 0.717) is 13.0 Å². The van der Waals surface area contributed by atoms with E-state index >= 15 is 0 Å². The van der Waals surface area contributed by atoms with Gasteiger partial charge in [-0.15, -0.1) is 0 Å². The van der Waals surface area contributed by atoms with Gasteiger partial charge in [0.2, 0.25) is 11.8 Å². The van der Waals surface area contributed by atoms with Crippen molar-refractivity contribution in [2.24, 2.45) is 0 Å². The maximum Gasteiger partial charge on any atom is 0.271 e. The zero-order valence-corrected chi connectivity index (χ0v) is 26.0. The fourth-order valence-corrected chi connectivity index (χ4v) is 6.36. The van der Waals surface area contributed by atoms with Crippen molar-refractivity contribution in [1.29, 1.82) is 0 Å². The van der Waals surface area contributed by atoms with Crippen molar-refractivity contribution < 1.29 is 22.9 Å². The minimum absolute atomic E-state index is 0.0335. The molecule has 0 saturated carbocycles. The molecule has 0 aliphatic rings. The highest BCUT2D eigenvalue weighted by Crippen LogP contribution is 2.28. The summed E-state index contributed by atoms with van der Waals surface area (Å²) in [6, 6.07) is 28.5. The van der Waals surface area contributed by atoms with Gasteiger partial charge in [-0.3, -0.25) is 24.0 Å². The normalized spacial score (nSPS) is 11.8. The summed E-state index contributed by atoms with van der Waals surface area (Å²) in [4.78, 5) is 40.4. The van der Waals surface area contributed by atoms with Gasteiger partial charge in [-0.05, 0) is 42.7 Å². The maximum absolute atomic E-state index is 14.4. The van der Waals surface area contributed by atoms with Crippen LogP contribution in [0.4, 0.5) is 11.4 Å². The summed E-state index contributed by atoms with van der Waals surface area (Å²) in [5.41, 5.74) is 2.17. The number of nitro benzene ring substituents is 1. The van der Waals surface area contributed by atoms with Crippen molar-refractivity contribution in [2.75, 3.05) is 17.4 Å². The third kappa shape index (κ3) is 8.54. The number of nitrogens with zero attached hydrogens (tertiary/aromatic N) is 3. The van der Waals surface area contributed by atoms with Gasteiger partial charge in [0.1, 0.15) is 12.6 Å². The topological polar surface area (TPSA) is 130 Å². The van der Waals surface area contributed by atoms with Crippen LogP contribution in [0.2, 0.25) is 0 Å². The number of amides is 2. The standard InChI is InChI=1S/C34H36N4O6S/c1-3-20-35-34(40)32(22-27-13-6-4-7-14-27)36(24-28-15-10-12-26(2)21-28)33(39)25-37(29-16-11-17-30(23-29)38(41)42)45(43,44)31-18-8-5-9-19-31/h4-19,21,23,32H,3,20,22,24-25H2,1-2H3,(H,35,40). The Morgan fingerprint density at radius 3 is 2.16 bits per heavy atom. The van der Waals surface area contributed by atoms with E-state index in [0.717, 1.165) is 27.1 Å². The molecule has 0 radical (unpaired) electrons. The molecule has 0 spiro atoms. The van der Waals surface area contributed by atoms with Crippen molar-refractivity contribution in [3.8, 4) is 0 Å². The molecule has 0 fully saturated rings. The molecule has 0 saturated heterocycles. The second-order valence-electron chi connectivity index (χ2n) is 10.6. The molecule has 4 rings (SSSR count). The van der Waals surface area contributed by atoms with Crippen LogP contribution in [0.1, 0.15) is 30.0 Å². The van der Waals surface area contributed by atoms with Gasteiger partial charge >= 0.3 is 0 Å². The molecule has 1 unspecified atom stereocenters. The number of carbonyl (C=O) groups excluding carboxylic acids is 2. The van der Waals surface area contributed by atoms with Crippen LogP contribution in [0.3, 0.4) is 0 Å². The zero-order valence-electron chi connectivity index (χ0n) is 25.2. The van der Waals surface area contributed by atoms with E-state index in [4.69, 9.17) is 0 Å². The van der Waals surface area contributed by atoms with E-state index < -0.39 is 33.4 Å². The summed E-state index contributed by atoms with van der Waals surface area (Å²) in [6.45, 7) is 3.58. The summed E-state index contributed by atoms with van der Waals surface area (Å²) < 4.78 is 28.9. The molecule has 0 bridgehead atoms. The number of nitrogens with one attached hydrogen (secondary N) is 1. The van der Waals surface area contributed by atoms with Crippen molar-refractivity contribution in [3.63, 3.8) is 0 Å². The maximum atomic E-state index is 14.4. The number of aryl methyl sites for hydroxylation is 1. The number of sulfonamides is 1. The van der Waals surface area contributed by atoms with Gasteiger partial charge in [0, 0.05) is 31.6 Å². The van der Waals surface area contributed by atoms with Crippen molar-refractivity contribution >= 4 is 33.2 Å². The Bertz CT molecular complexity index is 1730. The lowest BCUT2D eigenvalue weighted by molar-refractivity contribution is -0.384. The Kier molecular flexibility index (Phi) is 11.0. The number of carbonyl (C=O) groups is 2. The highest BCUT2D eigenvalue weighted by atomic mass is 32.2. The minimum atomic E-state index is -4.36. The van der Waals surface area contributed by atoms with E-state index in [1.165, 1.54) is 35.2 Å². The predicted octanol–water partition coefficient (Wildman–Crippen LogP) is 5.26. The first kappa shape index (κ1) is 32.9. The monoisotopic (exact) mass is 628 g/mol. The van der Waals surface area contributed by atoms with Gasteiger partial charge in [-0.25, -0.2) is 8.42 Å². The number of non-ortho nitro benzene ring substituents is 1. The number of hydrogen-bond donors (Lipinski definition) is 1. The van der Waals surface area contributed by atoms with Crippen LogP contribution in [0, 0.1) is 17.0 Å². The summed E-state index contributed by atoms with van der Waals surface area (Å²) >= 11 is 0. The van der Waals surface area contributed by atoms with Crippen molar-refractivity contribution in [1.82, 2.24) is 10.2 Å². The molecule has 234 valence electrons. The van der Waals surface area contributed by atoms with Crippen molar-refractivity contribution in [3.05, 3.63) is 136 Å². The van der Waals surface area contributed by atoms with Gasteiger partial charge in [-0.1, -0.05) is 91.3 Å². The number of rotatable bonds is 14. The van der Waals surface area contributed by atoms with Gasteiger partial charge in [0.05, 0.1) is 15.5 Å². The molecule has 10 nitrogen and oxygen atoms in total. The molecular formula is C34H36N4O6S. The van der Waals surface area contributed by atoms with E-state index in [1.807, 2.05) is 68.4 Å². The number of hydrogen-bond acceptors (Lipinski definition) is 6. The summed E-state index contributed by atoms with van der Waals surface area (Å²) in [5, 5.41) is 14.5. The average molecular weight is 629 g/mol. The van der Waals surface area contributed by atoms with Crippen LogP contribution in [0.5, 0.6) is 0 Å². The Balaban J connectivity index is 1.82. The average Bonchev–Trinajstić information content (AvgIpc) is 3.04.